The summed E-state index contributed by atoms with van der Waals surface area (Å²) in [6, 6.07) is 12.1. The van der Waals surface area contributed by atoms with E-state index in [1.54, 1.807) is 19.5 Å². The lowest BCUT2D eigenvalue weighted by Gasteiger charge is -2.22. The van der Waals surface area contributed by atoms with E-state index in [0.29, 0.717) is 24.1 Å². The molecule has 0 N–H and O–H groups in total. The van der Waals surface area contributed by atoms with Gasteiger partial charge in [0.15, 0.2) is 11.0 Å². The average molecular weight is 410 g/mol. The molecule has 1 aliphatic rings. The fourth-order valence-corrected chi connectivity index (χ4v) is 4.46. The van der Waals surface area contributed by atoms with Crippen LogP contribution < -0.4 is 4.90 Å². The third-order valence-electron chi connectivity index (χ3n) is 4.98. The van der Waals surface area contributed by atoms with Crippen molar-refractivity contribution in [1.29, 1.82) is 0 Å². The van der Waals surface area contributed by atoms with Crippen LogP contribution in [-0.2, 0) is 22.5 Å². The summed E-state index contributed by atoms with van der Waals surface area (Å²) in [4.78, 5) is 19.0. The number of rotatable bonds is 7. The van der Waals surface area contributed by atoms with Crippen molar-refractivity contribution >= 4 is 23.4 Å². The zero-order valence-electron chi connectivity index (χ0n) is 16.5. The van der Waals surface area contributed by atoms with Gasteiger partial charge in [0.2, 0.25) is 5.91 Å². The average Bonchev–Trinajstić information content (AvgIpc) is 3.30. The number of hydrogen-bond acceptors (Lipinski definition) is 6. The number of aromatic nitrogens is 4. The number of benzene rings is 1. The fourth-order valence-electron chi connectivity index (χ4n) is 3.64. The molecule has 1 aliphatic heterocycles. The summed E-state index contributed by atoms with van der Waals surface area (Å²) in [7, 11) is 1.67. The molecule has 4 rings (SSSR count). The lowest BCUT2D eigenvalue weighted by Crippen LogP contribution is -2.37. The minimum atomic E-state index is 0.0826. The second-order valence-corrected chi connectivity index (χ2v) is 7.86. The van der Waals surface area contributed by atoms with Crippen molar-refractivity contribution in [3.63, 3.8) is 0 Å². The highest BCUT2D eigenvalue weighted by Crippen LogP contribution is 2.33. The number of amides is 1. The van der Waals surface area contributed by atoms with Crippen molar-refractivity contribution in [1.82, 2.24) is 19.7 Å². The predicted octanol–water partition coefficient (Wildman–Crippen LogP) is 3.06. The summed E-state index contributed by atoms with van der Waals surface area (Å²) in [6.07, 6.45) is 4.35. The van der Waals surface area contributed by atoms with Crippen LogP contribution in [0.2, 0.25) is 0 Å². The van der Waals surface area contributed by atoms with Gasteiger partial charge in [-0.25, -0.2) is 0 Å². The molecule has 150 valence electrons. The van der Waals surface area contributed by atoms with Crippen LogP contribution in [0.25, 0.3) is 11.4 Å². The van der Waals surface area contributed by atoms with Gasteiger partial charge in [0, 0.05) is 36.8 Å². The molecule has 0 radical (unpaired) electrons. The highest BCUT2D eigenvalue weighted by atomic mass is 32.2. The maximum absolute atomic E-state index is 13.0. The Balaban J connectivity index is 1.52. The summed E-state index contributed by atoms with van der Waals surface area (Å²) < 4.78 is 7.25. The van der Waals surface area contributed by atoms with E-state index in [2.05, 4.69) is 28.2 Å². The molecule has 0 saturated carbocycles. The lowest BCUT2D eigenvalue weighted by molar-refractivity contribution is -0.116. The van der Waals surface area contributed by atoms with E-state index in [1.807, 2.05) is 39.8 Å². The van der Waals surface area contributed by atoms with E-state index in [9.17, 15) is 4.79 Å². The highest BCUT2D eigenvalue weighted by molar-refractivity contribution is 7.99. The largest absolute Gasteiger partial charge is 0.383 e. The predicted molar refractivity (Wildman–Crippen MR) is 113 cm³/mol. The van der Waals surface area contributed by atoms with Gasteiger partial charge in [0.1, 0.15) is 0 Å². The normalized spacial score (nSPS) is 15.5. The third kappa shape index (κ3) is 4.04. The number of anilines is 1. The second-order valence-electron chi connectivity index (χ2n) is 6.92. The molecule has 7 nitrogen and oxygen atoms in total. The Morgan fingerprint density at radius 1 is 1.21 bits per heavy atom. The number of fused-ring (bicyclic) bond motifs is 1. The molecule has 3 heterocycles. The second kappa shape index (κ2) is 8.75. The number of hydrogen-bond donors (Lipinski definition) is 0. The van der Waals surface area contributed by atoms with E-state index in [1.165, 1.54) is 17.3 Å². The number of carbonyl (C=O) groups is 1. The Hall–Kier alpha value is -2.71. The summed E-state index contributed by atoms with van der Waals surface area (Å²) >= 11 is 1.41. The molecule has 0 saturated heterocycles. The van der Waals surface area contributed by atoms with Gasteiger partial charge >= 0.3 is 0 Å². The molecule has 1 aromatic carbocycles. The highest BCUT2D eigenvalue weighted by Gasteiger charge is 2.30. The van der Waals surface area contributed by atoms with E-state index < -0.39 is 0 Å². The molecule has 3 aromatic rings. The molecule has 0 aliphatic carbocycles. The van der Waals surface area contributed by atoms with Gasteiger partial charge in [-0.3, -0.25) is 14.3 Å². The summed E-state index contributed by atoms with van der Waals surface area (Å²) in [5.41, 5.74) is 3.18. The first kappa shape index (κ1) is 19.6. The van der Waals surface area contributed by atoms with Crippen molar-refractivity contribution in [3.05, 3.63) is 54.4 Å². The van der Waals surface area contributed by atoms with Gasteiger partial charge in [0.05, 0.1) is 18.9 Å². The van der Waals surface area contributed by atoms with Gasteiger partial charge in [-0.15, -0.1) is 10.2 Å². The molecule has 0 spiro atoms. The number of pyridine rings is 1. The summed E-state index contributed by atoms with van der Waals surface area (Å²) in [5, 5.41) is 9.40. The van der Waals surface area contributed by atoms with Crippen LogP contribution in [-0.4, -0.2) is 51.2 Å². The van der Waals surface area contributed by atoms with Gasteiger partial charge in [-0.2, -0.15) is 0 Å². The van der Waals surface area contributed by atoms with Crippen LogP contribution in [0.1, 0.15) is 12.5 Å². The molecule has 0 unspecified atom stereocenters. The molecule has 29 heavy (non-hydrogen) atoms. The van der Waals surface area contributed by atoms with Crippen LogP contribution >= 0.6 is 11.8 Å². The van der Waals surface area contributed by atoms with Gasteiger partial charge in [-0.05, 0) is 37.1 Å². The van der Waals surface area contributed by atoms with E-state index in [0.717, 1.165) is 23.5 Å². The number of thioether (sulfide) groups is 1. The first-order valence-electron chi connectivity index (χ1n) is 9.54. The van der Waals surface area contributed by atoms with Gasteiger partial charge in [-0.1, -0.05) is 30.0 Å². The van der Waals surface area contributed by atoms with E-state index in [4.69, 9.17) is 4.74 Å². The van der Waals surface area contributed by atoms with Gasteiger partial charge < -0.3 is 9.64 Å². The monoisotopic (exact) mass is 409 g/mol. The maximum atomic E-state index is 13.0. The molecule has 8 heteroatoms. The van der Waals surface area contributed by atoms with Crippen LogP contribution in [0.5, 0.6) is 0 Å². The zero-order chi connectivity index (χ0) is 20.2. The number of carbonyl (C=O) groups excluding carboxylic acids is 1. The first-order valence-corrected chi connectivity index (χ1v) is 10.5. The van der Waals surface area contributed by atoms with Crippen LogP contribution in [0, 0.1) is 0 Å². The zero-order valence-corrected chi connectivity index (χ0v) is 17.3. The number of para-hydroxylation sites is 1. The van der Waals surface area contributed by atoms with Crippen molar-refractivity contribution < 1.29 is 9.53 Å². The number of ether oxygens (including phenoxy) is 1. The SMILES string of the molecule is COCCn1c(SCC(=O)N2c3ccccc3C[C@@H]2C)nnc1-c1ccncc1. The third-order valence-corrected chi connectivity index (χ3v) is 5.93. The molecule has 1 atom stereocenters. The quantitative estimate of drug-likeness (QED) is 0.559. The van der Waals surface area contributed by atoms with Crippen LogP contribution in [0.4, 0.5) is 5.69 Å². The summed E-state index contributed by atoms with van der Waals surface area (Å²) in [5.74, 6) is 1.14. The Kier molecular flexibility index (Phi) is 5.92. The Morgan fingerprint density at radius 2 is 2.00 bits per heavy atom. The topological polar surface area (TPSA) is 73.1 Å². The Morgan fingerprint density at radius 3 is 2.79 bits per heavy atom. The van der Waals surface area contributed by atoms with Crippen molar-refractivity contribution in [2.75, 3.05) is 24.4 Å². The number of nitrogens with zero attached hydrogens (tertiary/aromatic N) is 5. The maximum Gasteiger partial charge on any atom is 0.237 e. The lowest BCUT2D eigenvalue weighted by atomic mass is 10.1. The Labute approximate surface area is 174 Å². The van der Waals surface area contributed by atoms with Crippen molar-refractivity contribution in [3.8, 4) is 11.4 Å². The smallest absolute Gasteiger partial charge is 0.237 e. The van der Waals surface area contributed by atoms with Gasteiger partial charge in [0.25, 0.3) is 0 Å². The molecule has 1 amide bonds. The molecular weight excluding hydrogens is 386 g/mol. The number of methoxy groups -OCH3 is 1. The van der Waals surface area contributed by atoms with Crippen LogP contribution in [0.15, 0.2) is 53.9 Å². The molecule has 2 aromatic heterocycles. The van der Waals surface area contributed by atoms with E-state index >= 15 is 0 Å². The minimum absolute atomic E-state index is 0.0826. The standard InChI is InChI=1S/C21H23N5O2S/c1-15-13-17-5-3-4-6-18(17)26(15)19(27)14-29-21-24-23-20(25(21)11-12-28-2)16-7-9-22-10-8-16/h3-10,15H,11-14H2,1-2H3/t15-/m0/s1. The molecule has 0 fully saturated rings. The first-order chi connectivity index (χ1) is 14.2. The fraction of sp³-hybridized carbons (Fsp3) is 0.333. The molecule has 0 bridgehead atoms. The van der Waals surface area contributed by atoms with E-state index in [-0.39, 0.29) is 11.9 Å². The van der Waals surface area contributed by atoms with Crippen molar-refractivity contribution in [2.45, 2.75) is 31.1 Å². The van der Waals surface area contributed by atoms with Crippen molar-refractivity contribution in [2.24, 2.45) is 0 Å². The Bertz CT molecular complexity index is 992. The minimum Gasteiger partial charge on any atom is -0.383 e. The summed E-state index contributed by atoms with van der Waals surface area (Å²) in [6.45, 7) is 3.24. The van der Waals surface area contributed by atoms with Crippen LogP contribution in [0.3, 0.4) is 0 Å². The molecular formula is C21H23N5O2S.